The Bertz CT molecular complexity index is 595. The fourth-order valence-corrected chi connectivity index (χ4v) is 2.39. The maximum Gasteiger partial charge on any atom is 0.272 e. The minimum Gasteiger partial charge on any atom is -0.332 e. The molecule has 0 aliphatic carbocycles. The lowest BCUT2D eigenvalue weighted by atomic mass is 10.2. The Labute approximate surface area is 117 Å². The third kappa shape index (κ3) is 2.42. The van der Waals surface area contributed by atoms with Gasteiger partial charge in [0.25, 0.3) is 5.91 Å². The van der Waals surface area contributed by atoms with E-state index in [-0.39, 0.29) is 11.9 Å². The second kappa shape index (κ2) is 5.42. The molecular formula is C14H17N5O. The van der Waals surface area contributed by atoms with Crippen LogP contribution in [0.15, 0.2) is 36.8 Å². The zero-order valence-electron chi connectivity index (χ0n) is 11.4. The molecule has 0 unspecified atom stereocenters. The third-order valence-electron chi connectivity index (χ3n) is 3.49. The monoisotopic (exact) mass is 271 g/mol. The van der Waals surface area contributed by atoms with Crippen molar-refractivity contribution in [2.24, 2.45) is 0 Å². The van der Waals surface area contributed by atoms with E-state index in [0.717, 1.165) is 18.8 Å². The van der Waals surface area contributed by atoms with Crippen molar-refractivity contribution >= 4 is 5.91 Å². The van der Waals surface area contributed by atoms with Gasteiger partial charge in [0.05, 0.1) is 5.69 Å². The van der Waals surface area contributed by atoms with E-state index in [2.05, 4.69) is 15.4 Å². The number of piperazine rings is 1. The molecule has 2 aromatic rings. The number of amides is 1. The first-order valence-electron chi connectivity index (χ1n) is 6.73. The van der Waals surface area contributed by atoms with Crippen LogP contribution in [0.2, 0.25) is 0 Å². The summed E-state index contributed by atoms with van der Waals surface area (Å²) >= 11 is 0. The number of hydrogen-bond acceptors (Lipinski definition) is 4. The molecule has 0 saturated carbocycles. The van der Waals surface area contributed by atoms with Crippen LogP contribution in [0.5, 0.6) is 0 Å². The number of pyridine rings is 1. The zero-order chi connectivity index (χ0) is 13.9. The molecule has 1 saturated heterocycles. The van der Waals surface area contributed by atoms with Crippen molar-refractivity contribution in [2.75, 3.05) is 19.6 Å². The first-order valence-corrected chi connectivity index (χ1v) is 6.73. The molecule has 0 aromatic carbocycles. The summed E-state index contributed by atoms with van der Waals surface area (Å²) in [6.45, 7) is 4.41. The summed E-state index contributed by atoms with van der Waals surface area (Å²) in [5.41, 5.74) is 1.31. The highest BCUT2D eigenvalue weighted by Gasteiger charge is 2.25. The van der Waals surface area contributed by atoms with E-state index in [4.69, 9.17) is 0 Å². The molecule has 0 spiro atoms. The lowest BCUT2D eigenvalue weighted by molar-refractivity contribution is 0.0649. The molecule has 6 nitrogen and oxygen atoms in total. The van der Waals surface area contributed by atoms with Gasteiger partial charge in [-0.25, -0.2) is 4.68 Å². The minimum absolute atomic E-state index is 0.0204. The van der Waals surface area contributed by atoms with Crippen molar-refractivity contribution in [3.05, 3.63) is 42.5 Å². The summed E-state index contributed by atoms with van der Waals surface area (Å²) in [7, 11) is 0. The summed E-state index contributed by atoms with van der Waals surface area (Å²) in [4.78, 5) is 18.6. The van der Waals surface area contributed by atoms with Gasteiger partial charge in [0.1, 0.15) is 5.69 Å². The molecule has 1 aliphatic heterocycles. The largest absolute Gasteiger partial charge is 0.332 e. The second-order valence-corrected chi connectivity index (χ2v) is 4.90. The van der Waals surface area contributed by atoms with E-state index in [9.17, 15) is 4.79 Å². The van der Waals surface area contributed by atoms with Crippen LogP contribution in [0.3, 0.4) is 0 Å². The highest BCUT2D eigenvalue weighted by Crippen LogP contribution is 2.12. The first-order chi connectivity index (χ1) is 9.75. The van der Waals surface area contributed by atoms with Gasteiger partial charge in [-0.3, -0.25) is 9.78 Å². The molecular weight excluding hydrogens is 254 g/mol. The Balaban J connectivity index is 1.86. The number of rotatable bonds is 2. The van der Waals surface area contributed by atoms with Crippen molar-refractivity contribution in [1.29, 1.82) is 0 Å². The van der Waals surface area contributed by atoms with Gasteiger partial charge in [0.2, 0.25) is 0 Å². The fourth-order valence-electron chi connectivity index (χ4n) is 2.39. The summed E-state index contributed by atoms with van der Waals surface area (Å²) in [6.07, 6.45) is 5.20. The van der Waals surface area contributed by atoms with E-state index < -0.39 is 0 Å². The number of nitrogens with one attached hydrogen (secondary N) is 1. The maximum atomic E-state index is 12.5. The molecule has 1 fully saturated rings. The van der Waals surface area contributed by atoms with Gasteiger partial charge in [-0.05, 0) is 25.1 Å². The molecule has 20 heavy (non-hydrogen) atoms. The smallest absolute Gasteiger partial charge is 0.272 e. The molecule has 0 bridgehead atoms. The van der Waals surface area contributed by atoms with E-state index in [1.807, 2.05) is 30.2 Å². The molecule has 0 radical (unpaired) electrons. The molecule has 1 amide bonds. The van der Waals surface area contributed by atoms with Crippen molar-refractivity contribution in [3.8, 4) is 5.69 Å². The van der Waals surface area contributed by atoms with E-state index in [0.29, 0.717) is 12.2 Å². The number of nitrogens with zero attached hydrogens (tertiary/aromatic N) is 4. The normalized spacial score (nSPS) is 19.1. The standard InChI is InChI=1S/C14H17N5O/c1-11-10-15-6-8-18(11)14(20)13-9-12(3-5-16-13)19-7-2-4-17-19/h2-5,7,9,11,15H,6,8,10H2,1H3/t11-/m1/s1. The van der Waals surface area contributed by atoms with Crippen LogP contribution in [0, 0.1) is 0 Å². The van der Waals surface area contributed by atoms with Gasteiger partial charge in [-0.15, -0.1) is 0 Å². The molecule has 1 aliphatic rings. The summed E-state index contributed by atoms with van der Waals surface area (Å²) in [6, 6.07) is 5.65. The Morgan fingerprint density at radius 1 is 1.45 bits per heavy atom. The van der Waals surface area contributed by atoms with Gasteiger partial charge in [0, 0.05) is 44.3 Å². The molecule has 1 atom stereocenters. The third-order valence-corrected chi connectivity index (χ3v) is 3.49. The number of hydrogen-bond donors (Lipinski definition) is 1. The number of carbonyl (C=O) groups excluding carboxylic acids is 1. The maximum absolute atomic E-state index is 12.5. The number of carbonyl (C=O) groups is 1. The van der Waals surface area contributed by atoms with Gasteiger partial charge >= 0.3 is 0 Å². The quantitative estimate of drug-likeness (QED) is 0.873. The lowest BCUT2D eigenvalue weighted by Gasteiger charge is -2.33. The van der Waals surface area contributed by atoms with Crippen LogP contribution in [0.1, 0.15) is 17.4 Å². The lowest BCUT2D eigenvalue weighted by Crippen LogP contribution is -2.52. The zero-order valence-corrected chi connectivity index (χ0v) is 11.4. The Hall–Kier alpha value is -2.21. The highest BCUT2D eigenvalue weighted by molar-refractivity contribution is 5.93. The summed E-state index contributed by atoms with van der Waals surface area (Å²) < 4.78 is 1.72. The molecule has 3 rings (SSSR count). The van der Waals surface area contributed by atoms with Crippen molar-refractivity contribution in [2.45, 2.75) is 13.0 Å². The van der Waals surface area contributed by atoms with Crippen LogP contribution < -0.4 is 5.32 Å². The second-order valence-electron chi connectivity index (χ2n) is 4.90. The molecule has 6 heteroatoms. The van der Waals surface area contributed by atoms with E-state index >= 15 is 0 Å². The van der Waals surface area contributed by atoms with Crippen LogP contribution >= 0.6 is 0 Å². The molecule has 104 valence electrons. The first kappa shape index (κ1) is 12.8. The topological polar surface area (TPSA) is 63.1 Å². The summed E-state index contributed by atoms with van der Waals surface area (Å²) in [5, 5.41) is 7.44. The van der Waals surface area contributed by atoms with Crippen molar-refractivity contribution in [1.82, 2.24) is 25.0 Å². The Morgan fingerprint density at radius 3 is 3.10 bits per heavy atom. The minimum atomic E-state index is -0.0204. The SMILES string of the molecule is C[C@@H]1CNCCN1C(=O)c1cc(-n2cccn2)ccn1. The van der Waals surface area contributed by atoms with Gasteiger partial charge in [0.15, 0.2) is 0 Å². The fraction of sp³-hybridized carbons (Fsp3) is 0.357. The summed E-state index contributed by atoms with van der Waals surface area (Å²) in [5.74, 6) is -0.0204. The Kier molecular flexibility index (Phi) is 3.47. The molecule has 3 heterocycles. The van der Waals surface area contributed by atoms with E-state index in [1.165, 1.54) is 0 Å². The average molecular weight is 271 g/mol. The van der Waals surface area contributed by atoms with Gasteiger partial charge in [-0.2, -0.15) is 5.10 Å². The van der Waals surface area contributed by atoms with Crippen LogP contribution in [0.25, 0.3) is 5.69 Å². The molecule has 1 N–H and O–H groups in total. The van der Waals surface area contributed by atoms with Gasteiger partial charge in [-0.1, -0.05) is 0 Å². The van der Waals surface area contributed by atoms with Crippen molar-refractivity contribution in [3.63, 3.8) is 0 Å². The van der Waals surface area contributed by atoms with E-state index in [1.54, 1.807) is 23.1 Å². The highest BCUT2D eigenvalue weighted by atomic mass is 16.2. The van der Waals surface area contributed by atoms with Gasteiger partial charge < -0.3 is 10.2 Å². The predicted molar refractivity (Wildman–Crippen MR) is 74.7 cm³/mol. The molecule has 2 aromatic heterocycles. The van der Waals surface area contributed by atoms with Crippen LogP contribution in [0.4, 0.5) is 0 Å². The number of aromatic nitrogens is 3. The predicted octanol–water partition coefficient (Wildman–Crippen LogP) is 0.701. The Morgan fingerprint density at radius 2 is 2.35 bits per heavy atom. The van der Waals surface area contributed by atoms with Crippen LogP contribution in [-0.2, 0) is 0 Å². The van der Waals surface area contributed by atoms with Crippen molar-refractivity contribution < 1.29 is 4.79 Å². The average Bonchev–Trinajstić information content (AvgIpc) is 3.01. The van der Waals surface area contributed by atoms with Crippen LogP contribution in [-0.4, -0.2) is 51.2 Å².